The van der Waals surface area contributed by atoms with Gasteiger partial charge in [0.25, 0.3) is 0 Å². The van der Waals surface area contributed by atoms with Crippen LogP contribution in [-0.4, -0.2) is 24.1 Å². The Bertz CT molecular complexity index is 2730. The second kappa shape index (κ2) is 15.6. The standard InChI is InChI=1S/C49H43N5/c1-4-5-6-7-9-20-35(2)38-23-18-25-40(33-38)53-44-29-14-12-27-42(44)43-28-13-15-30-45(43)54(47-32-17-16-31-46(47)53)41-26-19-24-39(34-41)49-51-36(3)50-48(52-49)37-21-10-8-11-22-37/h7-34H,4-6H2,1-3H3/b9-7-,35-20+. The van der Waals surface area contributed by atoms with Crippen LogP contribution >= 0.6 is 0 Å². The summed E-state index contributed by atoms with van der Waals surface area (Å²) in [5.74, 6) is 1.99. The van der Waals surface area contributed by atoms with Gasteiger partial charge in [-0.3, -0.25) is 0 Å². The molecule has 0 unspecified atom stereocenters. The first-order valence-electron chi connectivity index (χ1n) is 18.8. The molecule has 5 nitrogen and oxygen atoms in total. The fourth-order valence-electron chi connectivity index (χ4n) is 7.18. The van der Waals surface area contributed by atoms with Crippen molar-refractivity contribution in [3.05, 3.63) is 181 Å². The van der Waals surface area contributed by atoms with E-state index in [4.69, 9.17) is 9.97 Å². The van der Waals surface area contributed by atoms with Crippen LogP contribution < -0.4 is 0 Å². The summed E-state index contributed by atoms with van der Waals surface area (Å²) in [5, 5.41) is 2.30. The Hall–Kier alpha value is -6.59. The van der Waals surface area contributed by atoms with Crippen LogP contribution in [0, 0.1) is 6.92 Å². The van der Waals surface area contributed by atoms with Crippen molar-refractivity contribution in [2.45, 2.75) is 40.0 Å². The number of aryl methyl sites for hydroxylation is 1. The van der Waals surface area contributed by atoms with Crippen molar-refractivity contribution >= 4 is 38.4 Å². The maximum Gasteiger partial charge on any atom is 0.163 e. The number of allylic oxidation sites excluding steroid dienone is 4. The Labute approximate surface area is 317 Å². The number of nitrogens with zero attached hydrogens (tertiary/aromatic N) is 5. The van der Waals surface area contributed by atoms with E-state index in [1.807, 2.05) is 37.3 Å². The molecule has 0 N–H and O–H groups in total. The van der Waals surface area contributed by atoms with Crippen LogP contribution in [0.5, 0.6) is 0 Å². The molecule has 2 heterocycles. The average molecular weight is 702 g/mol. The molecule has 0 aliphatic carbocycles. The maximum atomic E-state index is 4.96. The van der Waals surface area contributed by atoms with E-state index >= 15 is 0 Å². The molecule has 0 bridgehead atoms. The summed E-state index contributed by atoms with van der Waals surface area (Å²) in [6, 6.07) is 53.7. The van der Waals surface area contributed by atoms with Gasteiger partial charge < -0.3 is 9.13 Å². The summed E-state index contributed by atoms with van der Waals surface area (Å²) in [4.78, 5) is 14.5. The Balaban J connectivity index is 1.39. The van der Waals surface area contributed by atoms with Gasteiger partial charge in [0.1, 0.15) is 5.82 Å². The number of rotatable bonds is 9. The molecule has 0 radical (unpaired) electrons. The molecule has 0 aliphatic rings. The Morgan fingerprint density at radius 3 is 1.74 bits per heavy atom. The molecule has 0 saturated carbocycles. The molecule has 6 aromatic carbocycles. The number of aromatic nitrogens is 5. The monoisotopic (exact) mass is 701 g/mol. The molecule has 0 fully saturated rings. The number of hydrogen-bond acceptors (Lipinski definition) is 3. The van der Waals surface area contributed by atoms with E-state index in [0.29, 0.717) is 17.5 Å². The van der Waals surface area contributed by atoms with E-state index in [9.17, 15) is 0 Å². The van der Waals surface area contributed by atoms with E-state index in [-0.39, 0.29) is 0 Å². The summed E-state index contributed by atoms with van der Waals surface area (Å²) in [6.07, 6.45) is 10.2. The van der Waals surface area contributed by atoms with Crippen LogP contribution in [0.15, 0.2) is 170 Å². The molecule has 8 aromatic rings. The highest BCUT2D eigenvalue weighted by molar-refractivity contribution is 6.06. The van der Waals surface area contributed by atoms with Crippen LogP contribution in [0.25, 0.3) is 72.6 Å². The lowest BCUT2D eigenvalue weighted by atomic mass is 10.0. The maximum absolute atomic E-state index is 4.96. The summed E-state index contributed by atoms with van der Waals surface area (Å²) in [5.41, 5.74) is 10.8. The number of unbranched alkanes of at least 4 members (excludes halogenated alkanes) is 2. The highest BCUT2D eigenvalue weighted by atomic mass is 15.0. The molecule has 0 aliphatic heterocycles. The lowest BCUT2D eigenvalue weighted by molar-refractivity contribution is 0.815. The SMILES string of the molecule is CCCC/C=C\C=C(/C)c1cccc(-n2c3ccccc3c3ccccc3n(-c3cccc(-c4nc(C)nc(-c5ccccc5)n4)c3)c3ccccc32)c1. The molecule has 0 spiro atoms. The van der Waals surface area contributed by atoms with Crippen molar-refractivity contribution in [1.82, 2.24) is 24.1 Å². The number of hydrogen-bond donors (Lipinski definition) is 0. The minimum atomic E-state index is 0.643. The van der Waals surface area contributed by atoms with Gasteiger partial charge in [-0.25, -0.2) is 15.0 Å². The highest BCUT2D eigenvalue weighted by Crippen LogP contribution is 2.33. The summed E-state index contributed by atoms with van der Waals surface area (Å²) >= 11 is 0. The van der Waals surface area contributed by atoms with Crippen LogP contribution in [0.1, 0.15) is 44.5 Å². The third-order valence-corrected chi connectivity index (χ3v) is 9.85. The molecule has 0 atom stereocenters. The topological polar surface area (TPSA) is 48.5 Å². The molecule has 0 amide bonds. The Morgan fingerprint density at radius 2 is 1.09 bits per heavy atom. The van der Waals surface area contributed by atoms with Gasteiger partial charge in [-0.1, -0.05) is 141 Å². The molecule has 5 heteroatoms. The first-order valence-corrected chi connectivity index (χ1v) is 18.8. The van der Waals surface area contributed by atoms with Gasteiger partial charge in [-0.05, 0) is 79.9 Å². The predicted molar refractivity (Wildman–Crippen MR) is 227 cm³/mol. The van der Waals surface area contributed by atoms with Gasteiger partial charge >= 0.3 is 0 Å². The van der Waals surface area contributed by atoms with E-state index < -0.39 is 0 Å². The van der Waals surface area contributed by atoms with Crippen molar-refractivity contribution in [2.75, 3.05) is 0 Å². The third kappa shape index (κ3) is 6.96. The molecular formula is C49H43N5. The smallest absolute Gasteiger partial charge is 0.163 e. The largest absolute Gasteiger partial charge is 0.308 e. The number of fused-ring (bicyclic) bond motifs is 4. The molecule has 8 rings (SSSR count). The zero-order chi connectivity index (χ0) is 36.9. The zero-order valence-electron chi connectivity index (χ0n) is 31.0. The second-order valence-corrected chi connectivity index (χ2v) is 13.6. The quantitative estimate of drug-likeness (QED) is 0.111. The summed E-state index contributed by atoms with van der Waals surface area (Å²) in [7, 11) is 0. The van der Waals surface area contributed by atoms with Crippen molar-refractivity contribution < 1.29 is 0 Å². The molecule has 54 heavy (non-hydrogen) atoms. The second-order valence-electron chi connectivity index (χ2n) is 13.6. The van der Waals surface area contributed by atoms with Gasteiger partial charge in [0.15, 0.2) is 11.6 Å². The predicted octanol–water partition coefficient (Wildman–Crippen LogP) is 12.8. The first-order chi connectivity index (χ1) is 26.6. The van der Waals surface area contributed by atoms with Gasteiger partial charge in [-0.2, -0.15) is 0 Å². The Kier molecular flexibility index (Phi) is 9.94. The van der Waals surface area contributed by atoms with E-state index in [2.05, 4.69) is 168 Å². The molecular weight excluding hydrogens is 659 g/mol. The van der Waals surface area contributed by atoms with Crippen LogP contribution in [0.3, 0.4) is 0 Å². The lowest BCUT2D eigenvalue weighted by Gasteiger charge is -2.20. The molecule has 2 aromatic heterocycles. The first kappa shape index (κ1) is 34.5. The normalized spacial score (nSPS) is 11.9. The Morgan fingerprint density at radius 1 is 0.556 bits per heavy atom. The number of para-hydroxylation sites is 4. The van der Waals surface area contributed by atoms with Crippen LogP contribution in [0.2, 0.25) is 0 Å². The van der Waals surface area contributed by atoms with Crippen molar-refractivity contribution in [2.24, 2.45) is 0 Å². The van der Waals surface area contributed by atoms with Crippen LogP contribution in [-0.2, 0) is 0 Å². The molecule has 264 valence electrons. The minimum absolute atomic E-state index is 0.643. The van der Waals surface area contributed by atoms with Gasteiger partial charge in [0.2, 0.25) is 0 Å². The van der Waals surface area contributed by atoms with Crippen molar-refractivity contribution in [3.63, 3.8) is 0 Å². The lowest BCUT2D eigenvalue weighted by Crippen LogP contribution is -2.05. The number of benzene rings is 6. The highest BCUT2D eigenvalue weighted by Gasteiger charge is 2.15. The van der Waals surface area contributed by atoms with Crippen molar-refractivity contribution in [1.29, 1.82) is 0 Å². The summed E-state index contributed by atoms with van der Waals surface area (Å²) in [6.45, 7) is 6.35. The van der Waals surface area contributed by atoms with E-state index in [0.717, 1.165) is 61.8 Å². The van der Waals surface area contributed by atoms with Gasteiger partial charge in [-0.15, -0.1) is 0 Å². The zero-order valence-corrected chi connectivity index (χ0v) is 31.0. The minimum Gasteiger partial charge on any atom is -0.308 e. The fraction of sp³-hybridized carbons (Fsp3) is 0.122. The molecule has 0 saturated heterocycles. The van der Waals surface area contributed by atoms with Gasteiger partial charge in [0.05, 0.1) is 22.1 Å². The van der Waals surface area contributed by atoms with Crippen molar-refractivity contribution in [3.8, 4) is 34.2 Å². The van der Waals surface area contributed by atoms with Gasteiger partial charge in [0, 0.05) is 33.3 Å². The fourth-order valence-corrected chi connectivity index (χ4v) is 7.18. The third-order valence-electron chi connectivity index (χ3n) is 9.85. The summed E-state index contributed by atoms with van der Waals surface area (Å²) < 4.78 is 4.78. The van der Waals surface area contributed by atoms with Crippen LogP contribution in [0.4, 0.5) is 0 Å². The average Bonchev–Trinajstić information content (AvgIpc) is 3.22. The van der Waals surface area contributed by atoms with E-state index in [1.165, 1.54) is 24.0 Å². The van der Waals surface area contributed by atoms with E-state index in [1.54, 1.807) is 0 Å².